The number of pyridine rings is 1. The zero-order chi connectivity index (χ0) is 10.1. The third kappa shape index (κ3) is 1.39. The largest absolute Gasteiger partial charge is 0.465 e. The van der Waals surface area contributed by atoms with Crippen LogP contribution in [0.4, 0.5) is 0 Å². The van der Waals surface area contributed by atoms with Crippen LogP contribution in [0.5, 0.6) is 0 Å². The minimum atomic E-state index is -0.377. The first-order valence-electron chi connectivity index (χ1n) is 3.93. The van der Waals surface area contributed by atoms with E-state index in [1.54, 1.807) is 10.7 Å². The highest BCUT2D eigenvalue weighted by atomic mass is 79.9. The van der Waals surface area contributed by atoms with Crippen LogP contribution >= 0.6 is 15.9 Å². The smallest absolute Gasteiger partial charge is 0.341 e. The third-order valence-electron chi connectivity index (χ3n) is 1.89. The van der Waals surface area contributed by atoms with Gasteiger partial charge >= 0.3 is 5.97 Å². The Morgan fingerprint density at radius 2 is 2.43 bits per heavy atom. The summed E-state index contributed by atoms with van der Waals surface area (Å²) in [6.45, 7) is 0. The molecular weight excluding hydrogens is 248 g/mol. The fraction of sp³-hybridized carbons (Fsp3) is 0.111. The number of aromatic nitrogens is 2. The van der Waals surface area contributed by atoms with Crippen molar-refractivity contribution in [2.75, 3.05) is 7.11 Å². The molecule has 72 valence electrons. The molecule has 4 nitrogen and oxygen atoms in total. The van der Waals surface area contributed by atoms with E-state index in [9.17, 15) is 4.79 Å². The summed E-state index contributed by atoms with van der Waals surface area (Å²) in [6.07, 6.45) is 3.26. The number of ether oxygens (including phenoxy) is 1. The summed E-state index contributed by atoms with van der Waals surface area (Å²) in [7, 11) is 1.35. The normalized spacial score (nSPS) is 10.4. The summed E-state index contributed by atoms with van der Waals surface area (Å²) >= 11 is 3.33. The second-order valence-corrected chi connectivity index (χ2v) is 3.64. The van der Waals surface area contributed by atoms with Crippen LogP contribution in [-0.4, -0.2) is 22.7 Å². The van der Waals surface area contributed by atoms with Crippen LogP contribution < -0.4 is 0 Å². The third-order valence-corrected chi connectivity index (χ3v) is 2.38. The molecule has 0 saturated heterocycles. The average molecular weight is 255 g/mol. The molecule has 0 atom stereocenters. The average Bonchev–Trinajstić information content (AvgIpc) is 2.59. The van der Waals surface area contributed by atoms with Crippen LogP contribution in [-0.2, 0) is 4.74 Å². The lowest BCUT2D eigenvalue weighted by atomic mass is 10.3. The van der Waals surface area contributed by atoms with Gasteiger partial charge in [-0.1, -0.05) is 15.9 Å². The van der Waals surface area contributed by atoms with E-state index in [1.165, 1.54) is 13.3 Å². The Hall–Kier alpha value is -1.36. The van der Waals surface area contributed by atoms with Crippen molar-refractivity contribution in [2.24, 2.45) is 0 Å². The van der Waals surface area contributed by atoms with Crippen molar-refractivity contribution < 1.29 is 9.53 Å². The molecule has 0 fully saturated rings. The second-order valence-electron chi connectivity index (χ2n) is 2.72. The Morgan fingerprint density at radius 1 is 1.64 bits per heavy atom. The number of rotatable bonds is 1. The van der Waals surface area contributed by atoms with E-state index in [0.29, 0.717) is 5.56 Å². The van der Waals surface area contributed by atoms with Gasteiger partial charge in [0.2, 0.25) is 0 Å². The topological polar surface area (TPSA) is 43.6 Å². The van der Waals surface area contributed by atoms with Crippen molar-refractivity contribution in [2.45, 2.75) is 0 Å². The predicted octanol–water partition coefficient (Wildman–Crippen LogP) is 1.88. The summed E-state index contributed by atoms with van der Waals surface area (Å²) in [5.41, 5.74) is 1.19. The van der Waals surface area contributed by atoms with Crippen molar-refractivity contribution in [3.63, 3.8) is 0 Å². The van der Waals surface area contributed by atoms with Gasteiger partial charge in [0.1, 0.15) is 5.56 Å². The zero-order valence-corrected chi connectivity index (χ0v) is 8.98. The van der Waals surface area contributed by atoms with E-state index in [4.69, 9.17) is 0 Å². The van der Waals surface area contributed by atoms with Crippen LogP contribution in [0.1, 0.15) is 10.4 Å². The van der Waals surface area contributed by atoms with E-state index in [0.717, 1.165) is 9.99 Å². The summed E-state index contributed by atoms with van der Waals surface area (Å²) in [5.74, 6) is -0.377. The van der Waals surface area contributed by atoms with Gasteiger partial charge in [0, 0.05) is 10.7 Å². The molecule has 0 N–H and O–H groups in total. The van der Waals surface area contributed by atoms with Crippen LogP contribution in [0, 0.1) is 0 Å². The van der Waals surface area contributed by atoms with Crippen LogP contribution in [0.25, 0.3) is 5.52 Å². The van der Waals surface area contributed by atoms with Gasteiger partial charge in [0.25, 0.3) is 0 Å². The molecule has 2 heterocycles. The Labute approximate surface area is 88.6 Å². The lowest BCUT2D eigenvalue weighted by molar-refractivity contribution is 0.0603. The van der Waals surface area contributed by atoms with Crippen molar-refractivity contribution >= 4 is 27.4 Å². The molecule has 0 saturated carbocycles. The number of fused-ring (bicyclic) bond motifs is 1. The molecule has 0 spiro atoms. The SMILES string of the molecule is COC(=O)c1cnn2ccc(Br)cc12. The Kier molecular flexibility index (Phi) is 2.25. The lowest BCUT2D eigenvalue weighted by Gasteiger charge is -1.97. The minimum absolute atomic E-state index is 0.377. The summed E-state index contributed by atoms with van der Waals surface area (Å²) in [5, 5.41) is 4.02. The molecular formula is C9H7BrN2O2. The molecule has 2 rings (SSSR count). The van der Waals surface area contributed by atoms with E-state index >= 15 is 0 Å². The number of nitrogens with zero attached hydrogens (tertiary/aromatic N) is 2. The van der Waals surface area contributed by atoms with E-state index in [2.05, 4.69) is 25.8 Å². The number of carbonyl (C=O) groups excluding carboxylic acids is 1. The van der Waals surface area contributed by atoms with Crippen LogP contribution in [0.15, 0.2) is 29.0 Å². The monoisotopic (exact) mass is 254 g/mol. The standard InChI is InChI=1S/C9H7BrN2O2/c1-14-9(13)7-5-11-12-3-2-6(10)4-8(7)12/h2-5H,1H3. The van der Waals surface area contributed by atoms with Crippen molar-refractivity contribution in [1.29, 1.82) is 0 Å². The summed E-state index contributed by atoms with van der Waals surface area (Å²) in [6, 6.07) is 3.67. The first-order valence-corrected chi connectivity index (χ1v) is 4.73. The van der Waals surface area contributed by atoms with Gasteiger partial charge < -0.3 is 4.74 Å². The Morgan fingerprint density at radius 3 is 3.14 bits per heavy atom. The maximum atomic E-state index is 11.3. The highest BCUT2D eigenvalue weighted by molar-refractivity contribution is 9.10. The van der Waals surface area contributed by atoms with E-state index in [1.807, 2.05) is 12.1 Å². The molecule has 2 aromatic heterocycles. The van der Waals surface area contributed by atoms with Gasteiger partial charge in [0.05, 0.1) is 18.8 Å². The molecule has 0 aromatic carbocycles. The summed E-state index contributed by atoms with van der Waals surface area (Å²) < 4.78 is 7.16. The minimum Gasteiger partial charge on any atom is -0.465 e. The second kappa shape index (κ2) is 3.42. The molecule has 0 aliphatic heterocycles. The van der Waals surface area contributed by atoms with Gasteiger partial charge in [-0.2, -0.15) is 5.10 Å². The maximum absolute atomic E-state index is 11.3. The molecule has 0 unspecified atom stereocenters. The first-order chi connectivity index (χ1) is 6.72. The maximum Gasteiger partial charge on any atom is 0.341 e. The fourth-order valence-corrected chi connectivity index (χ4v) is 1.56. The van der Waals surface area contributed by atoms with E-state index in [-0.39, 0.29) is 5.97 Å². The van der Waals surface area contributed by atoms with Crippen molar-refractivity contribution in [1.82, 2.24) is 9.61 Å². The number of hydrogen-bond donors (Lipinski definition) is 0. The highest BCUT2D eigenvalue weighted by Crippen LogP contribution is 2.16. The van der Waals surface area contributed by atoms with Crippen LogP contribution in [0.2, 0.25) is 0 Å². The van der Waals surface area contributed by atoms with Gasteiger partial charge in [-0.25, -0.2) is 9.31 Å². The zero-order valence-electron chi connectivity index (χ0n) is 7.40. The lowest BCUT2D eigenvalue weighted by Crippen LogP contribution is -2.00. The summed E-state index contributed by atoms with van der Waals surface area (Å²) in [4.78, 5) is 11.3. The molecule has 0 bridgehead atoms. The number of hydrogen-bond acceptors (Lipinski definition) is 3. The van der Waals surface area contributed by atoms with Gasteiger partial charge in [-0.05, 0) is 12.1 Å². The molecule has 5 heteroatoms. The first kappa shape index (κ1) is 9.21. The molecule has 0 radical (unpaired) electrons. The van der Waals surface area contributed by atoms with Gasteiger partial charge in [0.15, 0.2) is 0 Å². The number of methoxy groups -OCH3 is 1. The Bertz CT molecular complexity index is 493. The Balaban J connectivity index is 2.67. The molecule has 0 aliphatic rings. The van der Waals surface area contributed by atoms with Gasteiger partial charge in [-0.3, -0.25) is 0 Å². The fourth-order valence-electron chi connectivity index (χ4n) is 1.22. The van der Waals surface area contributed by atoms with Gasteiger partial charge in [-0.15, -0.1) is 0 Å². The van der Waals surface area contributed by atoms with E-state index < -0.39 is 0 Å². The number of esters is 1. The molecule has 2 aromatic rings. The highest BCUT2D eigenvalue weighted by Gasteiger charge is 2.12. The molecule has 14 heavy (non-hydrogen) atoms. The quantitative estimate of drug-likeness (QED) is 0.731. The molecule has 0 aliphatic carbocycles. The molecule has 0 amide bonds. The van der Waals surface area contributed by atoms with Crippen molar-refractivity contribution in [3.05, 3.63) is 34.6 Å². The van der Waals surface area contributed by atoms with Crippen molar-refractivity contribution in [3.8, 4) is 0 Å². The predicted molar refractivity (Wildman–Crippen MR) is 54.2 cm³/mol. The number of carbonyl (C=O) groups is 1. The van der Waals surface area contributed by atoms with Crippen LogP contribution in [0.3, 0.4) is 0 Å². The number of halogens is 1.